The first-order valence-electron chi connectivity index (χ1n) is 9.69. The Kier molecular flexibility index (Phi) is 6.35. The first-order valence-corrected chi connectivity index (χ1v) is 15.5. The smallest absolute Gasteiger partial charge is 0.209 e. The van der Waals surface area contributed by atoms with E-state index in [9.17, 15) is 4.79 Å². The quantitative estimate of drug-likeness (QED) is 0.520. The molecule has 2 heterocycles. The van der Waals surface area contributed by atoms with Crippen molar-refractivity contribution in [3.05, 3.63) is 11.1 Å². The van der Waals surface area contributed by atoms with Crippen LogP contribution in [0, 0.1) is 0 Å². The highest BCUT2D eigenvalue weighted by atomic mass is 28.4. The van der Waals surface area contributed by atoms with Gasteiger partial charge in [-0.1, -0.05) is 41.5 Å². The van der Waals surface area contributed by atoms with E-state index >= 15 is 0 Å². The fourth-order valence-electron chi connectivity index (χ4n) is 2.33. The first-order chi connectivity index (χ1) is 12.1. The third-order valence-electron chi connectivity index (χ3n) is 6.57. The molecule has 1 N–H and O–H groups in total. The first kappa shape index (κ1) is 22.9. The summed E-state index contributed by atoms with van der Waals surface area (Å²) >= 11 is 0. The summed E-state index contributed by atoms with van der Waals surface area (Å²) in [5, 5.41) is 3.23. The Labute approximate surface area is 166 Å². The van der Waals surface area contributed by atoms with E-state index in [-0.39, 0.29) is 22.5 Å². The lowest BCUT2D eigenvalue weighted by Crippen LogP contribution is -2.48. The van der Waals surface area contributed by atoms with Crippen LogP contribution in [-0.2, 0) is 23.4 Å². The summed E-state index contributed by atoms with van der Waals surface area (Å²) in [6, 6.07) is 0. The summed E-state index contributed by atoms with van der Waals surface area (Å²) in [6.07, 6.45) is -1.19. The van der Waals surface area contributed by atoms with Crippen molar-refractivity contribution in [1.29, 1.82) is 0 Å². The predicted octanol–water partition coefficient (Wildman–Crippen LogP) is 4.11. The normalized spacial score (nSPS) is 24.7. The minimum atomic E-state index is -1.98. The van der Waals surface area contributed by atoms with Crippen molar-refractivity contribution in [2.24, 2.45) is 0 Å². The zero-order chi connectivity index (χ0) is 20.8. The Morgan fingerprint density at radius 2 is 1.30 bits per heavy atom. The highest BCUT2D eigenvalue weighted by Crippen LogP contribution is 2.39. The van der Waals surface area contributed by atoms with Crippen molar-refractivity contribution < 1.29 is 23.4 Å². The van der Waals surface area contributed by atoms with Crippen LogP contribution in [0.2, 0.25) is 36.3 Å². The Bertz CT molecular complexity index is 617. The molecule has 27 heavy (non-hydrogen) atoms. The monoisotopic (exact) mass is 415 g/mol. The maximum atomic E-state index is 12.8. The fourth-order valence-corrected chi connectivity index (χ4v) is 4.21. The Morgan fingerprint density at radius 3 is 1.78 bits per heavy atom. The van der Waals surface area contributed by atoms with Gasteiger partial charge >= 0.3 is 0 Å². The summed E-state index contributed by atoms with van der Waals surface area (Å²) in [6.45, 7) is 22.6. The molecule has 2 unspecified atom stereocenters. The highest BCUT2D eigenvalue weighted by molar-refractivity contribution is 6.74. The molecule has 0 aromatic carbocycles. The summed E-state index contributed by atoms with van der Waals surface area (Å²) in [4.78, 5) is 23.3. The molecule has 0 spiro atoms. The molecule has 0 aromatic rings. The molecule has 0 radical (unpaired) electrons. The molecule has 156 valence electrons. The molecule has 8 heteroatoms. The number of carbonyl (C=O) groups is 1. The maximum Gasteiger partial charge on any atom is 0.209 e. The van der Waals surface area contributed by atoms with E-state index in [1.54, 1.807) is 0 Å². The van der Waals surface area contributed by atoms with Crippen LogP contribution in [0.5, 0.6) is 0 Å². The van der Waals surface area contributed by atoms with E-state index in [1.807, 2.05) is 0 Å². The van der Waals surface area contributed by atoms with Crippen molar-refractivity contribution in [3.63, 3.8) is 0 Å². The maximum absolute atomic E-state index is 12.8. The average molecular weight is 416 g/mol. The molecule has 6 nitrogen and oxygen atoms in total. The number of hydrogen-bond acceptors (Lipinski definition) is 6. The van der Waals surface area contributed by atoms with Gasteiger partial charge in [0, 0.05) is 11.1 Å². The molecule has 2 aliphatic rings. The van der Waals surface area contributed by atoms with Gasteiger partial charge in [0.2, 0.25) is 12.0 Å². The number of fused-ring (bicyclic) bond motifs is 2. The SMILES string of the molecule is CC(C)(C)[Si](C)(C)OCC1=C(CO[Si](C)(C)C(C)(C)C)C2NC(OO2)C1=O. The lowest BCUT2D eigenvalue weighted by molar-refractivity contribution is -0.282. The summed E-state index contributed by atoms with van der Waals surface area (Å²) in [5.41, 5.74) is 1.45. The van der Waals surface area contributed by atoms with E-state index in [2.05, 4.69) is 73.0 Å². The van der Waals surface area contributed by atoms with Gasteiger partial charge in [0.1, 0.15) is 0 Å². The summed E-state index contributed by atoms with van der Waals surface area (Å²) < 4.78 is 12.7. The molecule has 2 rings (SSSR count). The van der Waals surface area contributed by atoms with Crippen molar-refractivity contribution in [2.45, 2.75) is 90.3 Å². The van der Waals surface area contributed by atoms with Crippen LogP contribution in [-0.4, -0.2) is 48.1 Å². The van der Waals surface area contributed by atoms with Gasteiger partial charge in [-0.3, -0.25) is 10.1 Å². The van der Waals surface area contributed by atoms with Gasteiger partial charge in [0.25, 0.3) is 0 Å². The van der Waals surface area contributed by atoms with Gasteiger partial charge in [-0.15, -0.1) is 0 Å². The highest BCUT2D eigenvalue weighted by Gasteiger charge is 2.46. The van der Waals surface area contributed by atoms with Gasteiger partial charge in [0.15, 0.2) is 22.9 Å². The van der Waals surface area contributed by atoms with Crippen LogP contribution < -0.4 is 5.32 Å². The zero-order valence-corrected chi connectivity index (χ0v) is 20.6. The molecule has 0 saturated carbocycles. The molecular weight excluding hydrogens is 378 g/mol. The van der Waals surface area contributed by atoms with E-state index in [4.69, 9.17) is 18.6 Å². The predicted molar refractivity (Wildman–Crippen MR) is 111 cm³/mol. The minimum Gasteiger partial charge on any atom is -0.413 e. The molecule has 0 aromatic heterocycles. The Morgan fingerprint density at radius 1 is 0.852 bits per heavy atom. The fraction of sp³-hybridized carbons (Fsp3) is 0.842. The van der Waals surface area contributed by atoms with Crippen LogP contribution in [0.1, 0.15) is 41.5 Å². The standard InChI is InChI=1S/C19H37NO5Si2/c1-18(2,3)26(7,8)22-11-13-14(12-23-27(9,10)19(4,5)6)16-20-17(15(13)21)25-24-16/h16-17,20H,11-12H2,1-10H3. The van der Waals surface area contributed by atoms with Crippen LogP contribution in [0.15, 0.2) is 11.1 Å². The van der Waals surface area contributed by atoms with Crippen LogP contribution >= 0.6 is 0 Å². The number of nitrogens with one attached hydrogen (secondary N) is 1. The van der Waals surface area contributed by atoms with Gasteiger partial charge < -0.3 is 8.85 Å². The topological polar surface area (TPSA) is 66.0 Å². The van der Waals surface area contributed by atoms with Gasteiger partial charge in [-0.05, 0) is 36.3 Å². The van der Waals surface area contributed by atoms with Gasteiger partial charge in [0.05, 0.1) is 13.2 Å². The second-order valence-corrected chi connectivity index (χ2v) is 20.2. The van der Waals surface area contributed by atoms with Crippen molar-refractivity contribution >= 4 is 22.4 Å². The number of rotatable bonds is 6. The molecule has 2 bridgehead atoms. The van der Waals surface area contributed by atoms with E-state index in [1.165, 1.54) is 0 Å². The zero-order valence-electron chi connectivity index (χ0n) is 18.6. The molecular formula is C19H37NO5Si2. The van der Waals surface area contributed by atoms with Gasteiger partial charge in [-0.25, -0.2) is 9.78 Å². The third kappa shape index (κ3) is 4.80. The van der Waals surface area contributed by atoms with E-state index in [0.29, 0.717) is 12.2 Å². The van der Waals surface area contributed by atoms with Crippen LogP contribution in [0.4, 0.5) is 0 Å². The van der Waals surface area contributed by atoms with E-state index in [0.717, 1.165) is 5.57 Å². The lowest BCUT2D eigenvalue weighted by atomic mass is 9.99. The third-order valence-corrected chi connectivity index (χ3v) is 15.5. The molecule has 1 fully saturated rings. The number of hydrogen-bond donors (Lipinski definition) is 1. The second kappa shape index (κ2) is 7.48. The number of Topliss-reactive ketones (excluding diaryl/α,β-unsaturated/α-hetero) is 1. The second-order valence-electron chi connectivity index (χ2n) is 10.6. The summed E-state index contributed by atoms with van der Waals surface area (Å²) in [5.74, 6) is -0.115. The van der Waals surface area contributed by atoms with Crippen molar-refractivity contribution in [2.75, 3.05) is 13.2 Å². The van der Waals surface area contributed by atoms with E-state index < -0.39 is 29.1 Å². The largest absolute Gasteiger partial charge is 0.413 e. The molecule has 2 aliphatic heterocycles. The van der Waals surface area contributed by atoms with Crippen molar-refractivity contribution in [1.82, 2.24) is 5.32 Å². The minimum absolute atomic E-state index is 0.0767. The van der Waals surface area contributed by atoms with Crippen LogP contribution in [0.25, 0.3) is 0 Å². The number of ketones is 1. The summed E-state index contributed by atoms with van der Waals surface area (Å²) in [7, 11) is -3.94. The Balaban J connectivity index is 2.24. The van der Waals surface area contributed by atoms with Gasteiger partial charge in [-0.2, -0.15) is 0 Å². The Hall–Kier alpha value is -0.356. The lowest BCUT2D eigenvalue weighted by Gasteiger charge is -2.38. The number of carbonyl (C=O) groups excluding carboxylic acids is 1. The molecule has 1 saturated heterocycles. The van der Waals surface area contributed by atoms with Crippen molar-refractivity contribution in [3.8, 4) is 0 Å². The molecule has 0 aliphatic carbocycles. The molecule has 0 amide bonds. The molecule has 2 atom stereocenters. The average Bonchev–Trinajstić information content (AvgIpc) is 2.92. The van der Waals surface area contributed by atoms with Crippen LogP contribution in [0.3, 0.4) is 0 Å².